The fraction of sp³-hybridized carbons (Fsp3) is 0.333. The van der Waals surface area contributed by atoms with E-state index in [4.69, 9.17) is 0 Å². The molecule has 2 aromatic carbocycles. The number of allylic oxidation sites excluding steroid dienone is 4. The van der Waals surface area contributed by atoms with Crippen molar-refractivity contribution >= 4 is 11.4 Å². The minimum Gasteiger partial charge on any atom is -0.363 e. The number of rotatable bonds is 2. The van der Waals surface area contributed by atoms with Crippen LogP contribution in [0.5, 0.6) is 0 Å². The molecule has 0 radical (unpaired) electrons. The molecule has 0 bridgehead atoms. The quantitative estimate of drug-likeness (QED) is 0.381. The van der Waals surface area contributed by atoms with Gasteiger partial charge in [-0.25, -0.2) is 4.39 Å². The van der Waals surface area contributed by atoms with Crippen LogP contribution in [0, 0.1) is 27.8 Å². The van der Waals surface area contributed by atoms with E-state index in [0.29, 0.717) is 11.8 Å². The van der Waals surface area contributed by atoms with E-state index in [2.05, 4.69) is 29.2 Å². The van der Waals surface area contributed by atoms with Crippen molar-refractivity contribution < 1.29 is 9.31 Å². The zero-order valence-corrected chi connectivity index (χ0v) is 15.9. The van der Waals surface area contributed by atoms with Crippen molar-refractivity contribution in [2.75, 3.05) is 11.4 Å². The van der Waals surface area contributed by atoms with Gasteiger partial charge in [0, 0.05) is 36.2 Å². The van der Waals surface area contributed by atoms with Gasteiger partial charge in [0.2, 0.25) is 0 Å². The topological polar surface area (TPSA) is 46.4 Å². The monoisotopic (exact) mass is 388 g/mol. The van der Waals surface area contributed by atoms with Gasteiger partial charge in [-0.3, -0.25) is 10.1 Å². The van der Waals surface area contributed by atoms with Gasteiger partial charge in [-0.05, 0) is 53.5 Å². The lowest BCUT2D eigenvalue weighted by molar-refractivity contribution is -0.385. The highest BCUT2D eigenvalue weighted by atomic mass is 19.1. The number of hydrogen-bond acceptors (Lipinski definition) is 3. The maximum Gasteiger partial charge on any atom is 0.270 e. The van der Waals surface area contributed by atoms with Crippen molar-refractivity contribution in [1.29, 1.82) is 0 Å². The number of non-ortho nitro benzene ring substituents is 1. The van der Waals surface area contributed by atoms with Gasteiger partial charge in [-0.15, -0.1) is 0 Å². The van der Waals surface area contributed by atoms with Gasteiger partial charge in [-0.1, -0.05) is 36.4 Å². The molecule has 0 fully saturated rings. The summed E-state index contributed by atoms with van der Waals surface area (Å²) in [7, 11) is 0. The largest absolute Gasteiger partial charge is 0.363 e. The first-order valence-electron chi connectivity index (χ1n) is 10.3. The zero-order chi connectivity index (χ0) is 19.7. The van der Waals surface area contributed by atoms with Crippen LogP contribution in [0.2, 0.25) is 0 Å². The highest BCUT2D eigenvalue weighted by Gasteiger charge is 2.48. The predicted molar refractivity (Wildman–Crippen MR) is 110 cm³/mol. The SMILES string of the molecule is O=[N+]([O-])c1cc2c3c(c1)[C@@H]1C=CC[C@@H]1[C@H](c1ccc(F)cc1)N3C[C@H]1CC=C[C@H]21. The summed E-state index contributed by atoms with van der Waals surface area (Å²) in [6.45, 7) is 0.931. The summed E-state index contributed by atoms with van der Waals surface area (Å²) in [5.74, 6) is 0.939. The Labute approximate surface area is 168 Å². The Kier molecular flexibility index (Phi) is 3.52. The molecular formula is C24H21FN2O2. The van der Waals surface area contributed by atoms with Gasteiger partial charge >= 0.3 is 0 Å². The van der Waals surface area contributed by atoms with Gasteiger partial charge in [0.25, 0.3) is 5.69 Å². The van der Waals surface area contributed by atoms with E-state index in [1.165, 1.54) is 5.69 Å². The van der Waals surface area contributed by atoms with Crippen molar-refractivity contribution in [2.24, 2.45) is 11.8 Å². The van der Waals surface area contributed by atoms with Crippen LogP contribution in [-0.2, 0) is 0 Å². The molecule has 2 aliphatic heterocycles. The average molecular weight is 388 g/mol. The Morgan fingerprint density at radius 1 is 1.00 bits per heavy atom. The predicted octanol–water partition coefficient (Wildman–Crippen LogP) is 5.63. The first-order valence-corrected chi connectivity index (χ1v) is 10.3. The van der Waals surface area contributed by atoms with Crippen LogP contribution in [0.25, 0.3) is 0 Å². The van der Waals surface area contributed by atoms with E-state index in [9.17, 15) is 14.5 Å². The van der Waals surface area contributed by atoms with Crippen molar-refractivity contribution in [2.45, 2.75) is 30.7 Å². The Morgan fingerprint density at radius 2 is 1.69 bits per heavy atom. The minimum absolute atomic E-state index is 0.157. The maximum absolute atomic E-state index is 13.6. The third-order valence-corrected chi connectivity index (χ3v) is 7.26. The highest BCUT2D eigenvalue weighted by molar-refractivity contribution is 5.72. The molecule has 2 aromatic rings. The van der Waals surface area contributed by atoms with Gasteiger partial charge in [-0.2, -0.15) is 0 Å². The van der Waals surface area contributed by atoms with E-state index in [1.807, 2.05) is 12.1 Å². The molecule has 29 heavy (non-hydrogen) atoms. The maximum atomic E-state index is 13.6. The van der Waals surface area contributed by atoms with Gasteiger partial charge in [0.05, 0.1) is 11.0 Å². The number of halogens is 1. The first-order chi connectivity index (χ1) is 14.1. The molecular weight excluding hydrogens is 367 g/mol. The number of benzene rings is 2. The van der Waals surface area contributed by atoms with Crippen LogP contribution >= 0.6 is 0 Å². The molecule has 4 aliphatic rings. The average Bonchev–Trinajstić information content (AvgIpc) is 3.38. The summed E-state index contributed by atoms with van der Waals surface area (Å²) >= 11 is 0. The Balaban J connectivity index is 1.59. The Bertz CT molecular complexity index is 1060. The molecule has 5 heteroatoms. The molecule has 6 rings (SSSR count). The third kappa shape index (κ3) is 2.36. The summed E-state index contributed by atoms with van der Waals surface area (Å²) in [5.41, 5.74) is 4.67. The van der Waals surface area contributed by atoms with E-state index in [0.717, 1.165) is 36.1 Å². The van der Waals surface area contributed by atoms with Crippen LogP contribution in [0.1, 0.15) is 47.4 Å². The highest BCUT2D eigenvalue weighted by Crippen LogP contribution is 2.59. The van der Waals surface area contributed by atoms with Crippen molar-refractivity contribution in [3.63, 3.8) is 0 Å². The summed E-state index contributed by atoms with van der Waals surface area (Å²) in [6.07, 6.45) is 10.8. The normalized spacial score (nSPS) is 30.8. The van der Waals surface area contributed by atoms with Crippen LogP contribution < -0.4 is 4.90 Å². The number of nitro groups is 1. The summed E-state index contributed by atoms with van der Waals surface area (Å²) in [4.78, 5) is 13.9. The van der Waals surface area contributed by atoms with E-state index >= 15 is 0 Å². The van der Waals surface area contributed by atoms with Crippen LogP contribution in [0.4, 0.5) is 15.8 Å². The molecule has 5 atom stereocenters. The molecule has 146 valence electrons. The minimum atomic E-state index is -0.261. The van der Waals surface area contributed by atoms with Crippen LogP contribution in [0.3, 0.4) is 0 Å². The summed E-state index contributed by atoms with van der Waals surface area (Å²) in [5, 5.41) is 11.7. The third-order valence-electron chi connectivity index (χ3n) is 7.26. The van der Waals surface area contributed by atoms with Crippen molar-refractivity contribution in [3.05, 3.63) is 93.3 Å². The molecule has 2 aliphatic carbocycles. The molecule has 0 saturated heterocycles. The van der Waals surface area contributed by atoms with E-state index < -0.39 is 0 Å². The molecule has 2 heterocycles. The van der Waals surface area contributed by atoms with E-state index in [1.54, 1.807) is 24.3 Å². The lowest BCUT2D eigenvalue weighted by Gasteiger charge is -2.51. The Morgan fingerprint density at radius 3 is 2.45 bits per heavy atom. The van der Waals surface area contributed by atoms with Gasteiger partial charge < -0.3 is 4.90 Å². The lowest BCUT2D eigenvalue weighted by atomic mass is 9.70. The second-order valence-electron chi connectivity index (χ2n) is 8.68. The number of anilines is 1. The number of fused-ring (bicyclic) bond motifs is 4. The lowest BCUT2D eigenvalue weighted by Crippen LogP contribution is -2.46. The summed E-state index contributed by atoms with van der Waals surface area (Å²) < 4.78 is 13.6. The fourth-order valence-corrected chi connectivity index (χ4v) is 6.10. The number of nitrogens with zero attached hydrogens (tertiary/aromatic N) is 2. The molecule has 0 saturated carbocycles. The fourth-order valence-electron chi connectivity index (χ4n) is 6.10. The zero-order valence-electron chi connectivity index (χ0n) is 15.9. The van der Waals surface area contributed by atoms with E-state index in [-0.39, 0.29) is 34.3 Å². The van der Waals surface area contributed by atoms with Crippen molar-refractivity contribution in [1.82, 2.24) is 0 Å². The molecule has 0 unspecified atom stereocenters. The first kappa shape index (κ1) is 17.0. The Hall–Kier alpha value is -2.95. The standard InChI is InChI=1S/C24H21FN2O2/c25-16-9-7-14(8-10-16)23-20-6-2-5-19(20)22-12-17(27(28)29)11-21-18-4-1-3-15(18)13-26(23)24(21)22/h1-2,4-5,7-12,15,18-20,23H,3,6,13H2/t15-,18+,19-,20+,23+/m1/s1. The van der Waals surface area contributed by atoms with Crippen molar-refractivity contribution in [3.8, 4) is 0 Å². The van der Waals surface area contributed by atoms with Crippen LogP contribution in [0.15, 0.2) is 60.7 Å². The van der Waals surface area contributed by atoms with Crippen LogP contribution in [-0.4, -0.2) is 11.5 Å². The summed E-state index contributed by atoms with van der Waals surface area (Å²) in [6, 6.07) is 10.6. The smallest absolute Gasteiger partial charge is 0.270 e. The van der Waals surface area contributed by atoms with Gasteiger partial charge in [0.15, 0.2) is 0 Å². The molecule has 0 aromatic heterocycles. The number of nitro benzene ring substituents is 1. The molecule has 0 amide bonds. The second kappa shape index (κ2) is 6.02. The van der Waals surface area contributed by atoms with Gasteiger partial charge in [0.1, 0.15) is 5.82 Å². The molecule has 0 N–H and O–H groups in total. The number of hydrogen-bond donors (Lipinski definition) is 0. The molecule has 0 spiro atoms. The molecule has 4 nitrogen and oxygen atoms in total. The second-order valence-corrected chi connectivity index (χ2v) is 8.68.